The first-order chi connectivity index (χ1) is 15.8. The van der Waals surface area contributed by atoms with E-state index in [0.717, 1.165) is 12.8 Å². The highest BCUT2D eigenvalue weighted by atomic mass is 32.2. The third-order valence-corrected chi connectivity index (χ3v) is 5.68. The van der Waals surface area contributed by atoms with E-state index in [1.165, 1.54) is 11.8 Å². The topological polar surface area (TPSA) is 114 Å². The maximum atomic E-state index is 12.6. The van der Waals surface area contributed by atoms with Crippen molar-refractivity contribution in [3.63, 3.8) is 0 Å². The molecule has 0 spiro atoms. The van der Waals surface area contributed by atoms with Gasteiger partial charge < -0.3 is 20.7 Å². The number of thioether (sulfide) groups is 1. The van der Waals surface area contributed by atoms with Gasteiger partial charge in [0.1, 0.15) is 0 Å². The average Bonchev–Trinajstić information content (AvgIpc) is 3.60. The molecule has 0 aromatic heterocycles. The lowest BCUT2D eigenvalue weighted by atomic mass is 10.1. The summed E-state index contributed by atoms with van der Waals surface area (Å²) in [7, 11) is 0. The largest absolute Gasteiger partial charge is 0.452 e. The zero-order chi connectivity index (χ0) is 23.8. The first-order valence-corrected chi connectivity index (χ1v) is 11.7. The molecule has 1 aliphatic rings. The molecule has 3 rings (SSSR count). The van der Waals surface area contributed by atoms with Crippen molar-refractivity contribution in [3.05, 3.63) is 59.7 Å². The molecular formula is C24H27N3O5S. The summed E-state index contributed by atoms with van der Waals surface area (Å²) in [4.78, 5) is 49.8. The Morgan fingerprint density at radius 3 is 2.33 bits per heavy atom. The third kappa shape index (κ3) is 7.64. The number of nitrogens with one attached hydrogen (secondary N) is 3. The van der Waals surface area contributed by atoms with E-state index in [2.05, 4.69) is 16.0 Å². The standard InChI is InChI=1S/C24H27N3O5S/c1-15(2)25-22(29)14-33-20-10-6-4-8-18(20)24(31)32-13-21(28)27-19-9-5-3-7-17(19)23(30)26-16-11-12-16/h3-10,15-16H,11-14H2,1-2H3,(H,25,29)(H,26,30)(H,27,28). The molecule has 0 atom stereocenters. The first-order valence-electron chi connectivity index (χ1n) is 10.7. The molecule has 33 heavy (non-hydrogen) atoms. The van der Waals surface area contributed by atoms with E-state index >= 15 is 0 Å². The predicted molar refractivity (Wildman–Crippen MR) is 126 cm³/mol. The Labute approximate surface area is 196 Å². The van der Waals surface area contributed by atoms with E-state index in [9.17, 15) is 19.2 Å². The number of ether oxygens (including phenoxy) is 1. The van der Waals surface area contributed by atoms with Crippen LogP contribution in [0, 0.1) is 0 Å². The van der Waals surface area contributed by atoms with Gasteiger partial charge in [0.15, 0.2) is 6.61 Å². The second-order valence-electron chi connectivity index (χ2n) is 7.92. The predicted octanol–water partition coefficient (Wildman–Crippen LogP) is 2.99. The molecule has 3 amide bonds. The number of carbonyl (C=O) groups is 4. The second-order valence-corrected chi connectivity index (χ2v) is 8.94. The maximum absolute atomic E-state index is 12.6. The van der Waals surface area contributed by atoms with Crippen LogP contribution < -0.4 is 16.0 Å². The lowest BCUT2D eigenvalue weighted by molar-refractivity contribution is -0.119. The fourth-order valence-corrected chi connectivity index (χ4v) is 3.80. The number of para-hydroxylation sites is 1. The molecule has 0 bridgehead atoms. The fourth-order valence-electron chi connectivity index (χ4n) is 2.94. The van der Waals surface area contributed by atoms with Crippen molar-refractivity contribution >= 4 is 41.1 Å². The highest BCUT2D eigenvalue weighted by molar-refractivity contribution is 8.00. The Morgan fingerprint density at radius 1 is 0.970 bits per heavy atom. The molecule has 0 heterocycles. The van der Waals surface area contributed by atoms with Crippen LogP contribution >= 0.6 is 11.8 Å². The van der Waals surface area contributed by atoms with E-state index in [0.29, 0.717) is 16.1 Å². The molecule has 174 valence electrons. The van der Waals surface area contributed by atoms with Gasteiger partial charge in [-0.1, -0.05) is 24.3 Å². The van der Waals surface area contributed by atoms with Crippen LogP contribution in [0.15, 0.2) is 53.4 Å². The van der Waals surface area contributed by atoms with E-state index in [-0.39, 0.29) is 35.2 Å². The lowest BCUT2D eigenvalue weighted by Crippen LogP contribution is -2.31. The quantitative estimate of drug-likeness (QED) is 0.364. The minimum Gasteiger partial charge on any atom is -0.452 e. The zero-order valence-electron chi connectivity index (χ0n) is 18.6. The summed E-state index contributed by atoms with van der Waals surface area (Å²) >= 11 is 1.22. The molecule has 0 saturated heterocycles. The molecule has 2 aromatic carbocycles. The number of hydrogen-bond donors (Lipinski definition) is 3. The van der Waals surface area contributed by atoms with Crippen LogP contribution in [-0.2, 0) is 14.3 Å². The van der Waals surface area contributed by atoms with Gasteiger partial charge in [0, 0.05) is 17.0 Å². The average molecular weight is 470 g/mol. The van der Waals surface area contributed by atoms with Gasteiger partial charge in [-0.3, -0.25) is 14.4 Å². The minimum atomic E-state index is -0.669. The minimum absolute atomic E-state index is 0.0294. The molecule has 9 heteroatoms. The zero-order valence-corrected chi connectivity index (χ0v) is 19.4. The number of carbonyl (C=O) groups excluding carboxylic acids is 4. The van der Waals surface area contributed by atoms with Crippen LogP contribution in [0.2, 0.25) is 0 Å². The first kappa shape index (κ1) is 24.3. The smallest absolute Gasteiger partial charge is 0.339 e. The van der Waals surface area contributed by atoms with Crippen LogP contribution in [0.5, 0.6) is 0 Å². The monoisotopic (exact) mass is 469 g/mol. The van der Waals surface area contributed by atoms with Gasteiger partial charge in [-0.2, -0.15) is 0 Å². The fraction of sp³-hybridized carbons (Fsp3) is 0.333. The lowest BCUT2D eigenvalue weighted by Gasteiger charge is -2.12. The Kier molecular flexibility index (Phi) is 8.48. The van der Waals surface area contributed by atoms with Crippen LogP contribution in [0.4, 0.5) is 5.69 Å². The summed E-state index contributed by atoms with van der Waals surface area (Å²) in [6.45, 7) is 3.23. The summed E-state index contributed by atoms with van der Waals surface area (Å²) < 4.78 is 5.18. The highest BCUT2D eigenvalue weighted by Crippen LogP contribution is 2.24. The van der Waals surface area contributed by atoms with Gasteiger partial charge in [-0.25, -0.2) is 4.79 Å². The van der Waals surface area contributed by atoms with Crippen LogP contribution in [0.1, 0.15) is 47.4 Å². The van der Waals surface area contributed by atoms with Crippen molar-refractivity contribution in [2.24, 2.45) is 0 Å². The summed E-state index contributed by atoms with van der Waals surface area (Å²) in [5, 5.41) is 8.31. The summed E-state index contributed by atoms with van der Waals surface area (Å²) in [5.41, 5.74) is 0.978. The molecule has 1 aliphatic carbocycles. The molecule has 1 saturated carbocycles. The summed E-state index contributed by atoms with van der Waals surface area (Å²) in [5.74, 6) is -1.46. The molecule has 1 fully saturated rings. The van der Waals surface area contributed by atoms with Crippen molar-refractivity contribution in [1.82, 2.24) is 10.6 Å². The number of rotatable bonds is 10. The molecule has 0 radical (unpaired) electrons. The van der Waals surface area contributed by atoms with Gasteiger partial charge in [0.2, 0.25) is 5.91 Å². The van der Waals surface area contributed by atoms with Crippen LogP contribution in [0.3, 0.4) is 0 Å². The normalized spacial score (nSPS) is 12.7. The van der Waals surface area contributed by atoms with Crippen LogP contribution in [-0.4, -0.2) is 48.1 Å². The number of esters is 1. The van der Waals surface area contributed by atoms with Crippen LogP contribution in [0.25, 0.3) is 0 Å². The molecule has 8 nitrogen and oxygen atoms in total. The van der Waals surface area contributed by atoms with Crippen molar-refractivity contribution in [2.75, 3.05) is 17.7 Å². The summed E-state index contributed by atoms with van der Waals surface area (Å²) in [6.07, 6.45) is 1.91. The summed E-state index contributed by atoms with van der Waals surface area (Å²) in [6, 6.07) is 13.6. The van der Waals surface area contributed by atoms with Gasteiger partial charge in [-0.05, 0) is 51.0 Å². The van der Waals surface area contributed by atoms with E-state index in [1.54, 1.807) is 48.5 Å². The van der Waals surface area contributed by atoms with Crippen molar-refractivity contribution in [1.29, 1.82) is 0 Å². The molecule has 2 aromatic rings. The Morgan fingerprint density at radius 2 is 1.64 bits per heavy atom. The molecule has 3 N–H and O–H groups in total. The third-order valence-electron chi connectivity index (χ3n) is 4.61. The number of benzene rings is 2. The maximum Gasteiger partial charge on any atom is 0.339 e. The molecule has 0 unspecified atom stereocenters. The van der Waals surface area contributed by atoms with Crippen molar-refractivity contribution in [2.45, 2.75) is 43.7 Å². The second kappa shape index (κ2) is 11.5. The van der Waals surface area contributed by atoms with Gasteiger partial charge in [-0.15, -0.1) is 11.8 Å². The van der Waals surface area contributed by atoms with E-state index in [1.807, 2.05) is 13.8 Å². The van der Waals surface area contributed by atoms with Gasteiger partial charge in [0.05, 0.1) is 22.6 Å². The van der Waals surface area contributed by atoms with Gasteiger partial charge >= 0.3 is 5.97 Å². The number of hydrogen-bond acceptors (Lipinski definition) is 6. The number of anilines is 1. The highest BCUT2D eigenvalue weighted by Gasteiger charge is 2.25. The Balaban J connectivity index is 1.55. The van der Waals surface area contributed by atoms with Crippen molar-refractivity contribution < 1.29 is 23.9 Å². The Hall–Kier alpha value is -3.33. The SMILES string of the molecule is CC(C)NC(=O)CSc1ccccc1C(=O)OCC(=O)Nc1ccccc1C(=O)NC1CC1. The molecular weight excluding hydrogens is 442 g/mol. The van der Waals surface area contributed by atoms with Gasteiger partial charge in [0.25, 0.3) is 11.8 Å². The molecule has 0 aliphatic heterocycles. The Bertz CT molecular complexity index is 1040. The van der Waals surface area contributed by atoms with E-state index < -0.39 is 18.5 Å². The number of amides is 3. The van der Waals surface area contributed by atoms with Crippen molar-refractivity contribution in [3.8, 4) is 0 Å². The van der Waals surface area contributed by atoms with E-state index in [4.69, 9.17) is 4.74 Å².